The lowest BCUT2D eigenvalue weighted by Gasteiger charge is -2.20. The Bertz CT molecular complexity index is 296. The zero-order chi connectivity index (χ0) is 12.1. The van der Waals surface area contributed by atoms with Gasteiger partial charge in [0.25, 0.3) is 0 Å². The van der Waals surface area contributed by atoms with Crippen LogP contribution in [0.15, 0.2) is 6.07 Å². The van der Waals surface area contributed by atoms with Crippen molar-refractivity contribution in [3.8, 4) is 0 Å². The molecule has 1 rings (SSSR count). The molecule has 0 aliphatic carbocycles. The van der Waals surface area contributed by atoms with Crippen LogP contribution in [0.5, 0.6) is 0 Å². The van der Waals surface area contributed by atoms with Gasteiger partial charge >= 0.3 is 0 Å². The zero-order valence-corrected chi connectivity index (χ0v) is 11.7. The van der Waals surface area contributed by atoms with Crippen LogP contribution in [-0.2, 0) is 0 Å². The highest BCUT2D eigenvalue weighted by Crippen LogP contribution is 2.31. The number of rotatable bonds is 6. The normalized spacial score (nSPS) is 13.4. The van der Waals surface area contributed by atoms with E-state index in [4.69, 9.17) is 5.84 Å². The van der Waals surface area contributed by atoms with Gasteiger partial charge in [0.05, 0.1) is 6.04 Å². The molecule has 0 bridgehead atoms. The average molecular weight is 240 g/mol. The Labute approximate surface area is 103 Å². The Morgan fingerprint density at radius 3 is 2.31 bits per heavy atom. The third-order valence-corrected chi connectivity index (χ3v) is 4.72. The van der Waals surface area contributed by atoms with Crippen LogP contribution in [0.25, 0.3) is 0 Å². The molecule has 1 aromatic heterocycles. The maximum Gasteiger partial charge on any atom is 0.0556 e. The van der Waals surface area contributed by atoms with Crippen molar-refractivity contribution in [3.63, 3.8) is 0 Å². The summed E-state index contributed by atoms with van der Waals surface area (Å²) in [5.41, 5.74) is 4.35. The van der Waals surface area contributed by atoms with Gasteiger partial charge in [0, 0.05) is 9.75 Å². The second kappa shape index (κ2) is 6.38. The summed E-state index contributed by atoms with van der Waals surface area (Å²) >= 11 is 1.87. The highest BCUT2D eigenvalue weighted by Gasteiger charge is 2.17. The van der Waals surface area contributed by atoms with Crippen molar-refractivity contribution in [2.45, 2.75) is 53.0 Å². The van der Waals surface area contributed by atoms with Crippen molar-refractivity contribution in [1.82, 2.24) is 5.43 Å². The number of nitrogens with one attached hydrogen (secondary N) is 1. The van der Waals surface area contributed by atoms with Gasteiger partial charge in [0.15, 0.2) is 0 Å². The molecule has 0 saturated carbocycles. The van der Waals surface area contributed by atoms with Crippen molar-refractivity contribution in [2.24, 2.45) is 11.8 Å². The van der Waals surface area contributed by atoms with E-state index in [1.165, 1.54) is 28.2 Å². The fourth-order valence-electron chi connectivity index (χ4n) is 2.00. The van der Waals surface area contributed by atoms with Crippen LogP contribution < -0.4 is 11.3 Å². The lowest BCUT2D eigenvalue weighted by atomic mass is 9.94. The lowest BCUT2D eigenvalue weighted by Crippen LogP contribution is -2.29. The van der Waals surface area contributed by atoms with Crippen LogP contribution in [0.3, 0.4) is 0 Å². The van der Waals surface area contributed by atoms with Gasteiger partial charge in [-0.25, -0.2) is 0 Å². The summed E-state index contributed by atoms with van der Waals surface area (Å²) in [6.45, 7) is 8.85. The summed E-state index contributed by atoms with van der Waals surface area (Å²) in [5, 5.41) is 0. The van der Waals surface area contributed by atoms with Crippen LogP contribution in [0.2, 0.25) is 0 Å². The van der Waals surface area contributed by atoms with E-state index in [9.17, 15) is 0 Å². The van der Waals surface area contributed by atoms with Crippen LogP contribution >= 0.6 is 11.3 Å². The van der Waals surface area contributed by atoms with Crippen molar-refractivity contribution in [3.05, 3.63) is 21.4 Å². The van der Waals surface area contributed by atoms with Crippen molar-refractivity contribution in [1.29, 1.82) is 0 Å². The molecule has 0 radical (unpaired) electrons. The molecular weight excluding hydrogens is 216 g/mol. The number of thiophene rings is 1. The molecule has 0 aromatic carbocycles. The maximum atomic E-state index is 5.68. The van der Waals surface area contributed by atoms with E-state index in [0.717, 1.165) is 12.3 Å². The summed E-state index contributed by atoms with van der Waals surface area (Å²) in [6.07, 6.45) is 3.61. The van der Waals surface area contributed by atoms with E-state index in [-0.39, 0.29) is 0 Å². The number of hydrogen-bond donors (Lipinski definition) is 2. The number of aryl methyl sites for hydroxylation is 2. The molecule has 2 nitrogen and oxygen atoms in total. The zero-order valence-electron chi connectivity index (χ0n) is 10.8. The van der Waals surface area contributed by atoms with Crippen LogP contribution in [0.1, 0.15) is 54.5 Å². The lowest BCUT2D eigenvalue weighted by molar-refractivity contribution is 0.378. The molecule has 1 heterocycles. The SMILES string of the molecule is CCC(CC)CC(NN)c1cc(C)c(C)s1. The van der Waals surface area contributed by atoms with E-state index >= 15 is 0 Å². The Morgan fingerprint density at radius 2 is 1.94 bits per heavy atom. The molecule has 0 spiro atoms. The fraction of sp³-hybridized carbons (Fsp3) is 0.692. The van der Waals surface area contributed by atoms with Crippen molar-refractivity contribution in [2.75, 3.05) is 0 Å². The van der Waals surface area contributed by atoms with Crippen molar-refractivity contribution < 1.29 is 0 Å². The number of hydrazine groups is 1. The van der Waals surface area contributed by atoms with Gasteiger partial charge < -0.3 is 0 Å². The number of hydrogen-bond acceptors (Lipinski definition) is 3. The maximum absolute atomic E-state index is 5.68. The molecule has 3 heteroatoms. The summed E-state index contributed by atoms with van der Waals surface area (Å²) in [5.74, 6) is 6.45. The third-order valence-electron chi connectivity index (χ3n) is 3.45. The predicted molar refractivity (Wildman–Crippen MR) is 72.5 cm³/mol. The van der Waals surface area contributed by atoms with Gasteiger partial charge in [-0.05, 0) is 37.8 Å². The Morgan fingerprint density at radius 1 is 1.31 bits per heavy atom. The smallest absolute Gasteiger partial charge is 0.0556 e. The minimum absolute atomic E-state index is 0.322. The van der Waals surface area contributed by atoms with E-state index in [1.807, 2.05) is 11.3 Å². The first kappa shape index (κ1) is 13.7. The second-order valence-electron chi connectivity index (χ2n) is 4.53. The Balaban J connectivity index is 2.74. The summed E-state index contributed by atoms with van der Waals surface area (Å²) in [7, 11) is 0. The molecule has 0 fully saturated rings. The van der Waals surface area contributed by atoms with Gasteiger partial charge in [-0.2, -0.15) is 0 Å². The molecule has 1 aromatic rings. The largest absolute Gasteiger partial charge is 0.271 e. The molecular formula is C13H24N2S. The predicted octanol–water partition coefficient (Wildman–Crippen LogP) is 3.70. The van der Waals surface area contributed by atoms with Crippen LogP contribution in [0, 0.1) is 19.8 Å². The van der Waals surface area contributed by atoms with E-state index in [2.05, 4.69) is 39.2 Å². The molecule has 1 unspecified atom stereocenters. The monoisotopic (exact) mass is 240 g/mol. The van der Waals surface area contributed by atoms with Gasteiger partial charge in [-0.1, -0.05) is 26.7 Å². The minimum atomic E-state index is 0.322. The van der Waals surface area contributed by atoms with Crippen LogP contribution in [0.4, 0.5) is 0 Å². The van der Waals surface area contributed by atoms with Gasteiger partial charge in [-0.15, -0.1) is 11.3 Å². The summed E-state index contributed by atoms with van der Waals surface area (Å²) in [4.78, 5) is 2.78. The highest BCUT2D eigenvalue weighted by atomic mass is 32.1. The third kappa shape index (κ3) is 3.30. The molecule has 16 heavy (non-hydrogen) atoms. The molecule has 0 amide bonds. The Hall–Kier alpha value is -0.380. The van der Waals surface area contributed by atoms with E-state index < -0.39 is 0 Å². The summed E-state index contributed by atoms with van der Waals surface area (Å²) < 4.78 is 0. The standard InChI is InChI=1S/C13H24N2S/c1-5-11(6-2)8-12(15-14)13-7-9(3)10(4)16-13/h7,11-12,15H,5-6,8,14H2,1-4H3. The van der Waals surface area contributed by atoms with Gasteiger partial charge in [-0.3, -0.25) is 11.3 Å². The molecule has 3 N–H and O–H groups in total. The molecule has 0 saturated heterocycles. The number of nitrogens with two attached hydrogens (primary N) is 1. The summed E-state index contributed by atoms with van der Waals surface area (Å²) in [6, 6.07) is 2.59. The highest BCUT2D eigenvalue weighted by molar-refractivity contribution is 7.12. The first-order valence-corrected chi connectivity index (χ1v) is 6.97. The minimum Gasteiger partial charge on any atom is -0.271 e. The molecule has 0 aliphatic rings. The van der Waals surface area contributed by atoms with Gasteiger partial charge in [0.2, 0.25) is 0 Å². The second-order valence-corrected chi connectivity index (χ2v) is 5.81. The topological polar surface area (TPSA) is 38.0 Å². The quantitative estimate of drug-likeness (QED) is 0.588. The Kier molecular flexibility index (Phi) is 5.46. The first-order chi connectivity index (χ1) is 7.62. The van der Waals surface area contributed by atoms with E-state index in [1.54, 1.807) is 0 Å². The molecule has 92 valence electrons. The average Bonchev–Trinajstić information content (AvgIpc) is 2.61. The molecule has 0 aliphatic heterocycles. The van der Waals surface area contributed by atoms with E-state index in [0.29, 0.717) is 6.04 Å². The van der Waals surface area contributed by atoms with Crippen LogP contribution in [-0.4, -0.2) is 0 Å². The van der Waals surface area contributed by atoms with Crippen molar-refractivity contribution >= 4 is 11.3 Å². The van der Waals surface area contributed by atoms with Gasteiger partial charge in [0.1, 0.15) is 0 Å². The fourth-order valence-corrected chi connectivity index (χ4v) is 3.11. The first-order valence-electron chi connectivity index (χ1n) is 6.15. The molecule has 1 atom stereocenters.